The average Bonchev–Trinajstić information content (AvgIpc) is 2.43. The Morgan fingerprint density at radius 2 is 2.23 bits per heavy atom. The van der Waals surface area contributed by atoms with Crippen molar-refractivity contribution in [1.29, 1.82) is 0 Å². The Hall–Kier alpha value is -1.42. The highest BCUT2D eigenvalue weighted by Gasteiger charge is 2.09. The zero-order valence-corrected chi connectivity index (χ0v) is 7.68. The first-order chi connectivity index (χ1) is 6.18. The summed E-state index contributed by atoms with van der Waals surface area (Å²) in [5.41, 5.74) is 0.876. The highest BCUT2D eigenvalue weighted by atomic mass is 32.1. The third-order valence-electron chi connectivity index (χ3n) is 1.74. The molecule has 4 heteroatoms. The molecular formula is C9H6O3S. The standard InChI is InChI=1S/C9H6O3S/c1-5(10)6-3-2-4-7-8(6)12-9(11)13-7/h2-4H,1H3. The minimum Gasteiger partial charge on any atom is -0.413 e. The van der Waals surface area contributed by atoms with Crippen LogP contribution in [0.2, 0.25) is 0 Å². The molecule has 0 aliphatic carbocycles. The van der Waals surface area contributed by atoms with Crippen LogP contribution in [0.4, 0.5) is 0 Å². The molecule has 1 aromatic heterocycles. The number of benzene rings is 1. The van der Waals surface area contributed by atoms with Crippen LogP contribution < -0.4 is 4.94 Å². The number of fused-ring (bicyclic) bond motifs is 1. The van der Waals surface area contributed by atoms with E-state index in [1.807, 2.05) is 0 Å². The normalized spacial score (nSPS) is 10.5. The van der Waals surface area contributed by atoms with E-state index in [1.54, 1.807) is 18.2 Å². The van der Waals surface area contributed by atoms with Crippen LogP contribution in [0.5, 0.6) is 0 Å². The summed E-state index contributed by atoms with van der Waals surface area (Å²) in [6.45, 7) is 1.45. The summed E-state index contributed by atoms with van der Waals surface area (Å²) in [6.07, 6.45) is 0. The summed E-state index contributed by atoms with van der Waals surface area (Å²) >= 11 is 1.01. The van der Waals surface area contributed by atoms with Crippen LogP contribution in [0.3, 0.4) is 0 Å². The maximum absolute atomic E-state index is 11.1. The fourth-order valence-corrected chi connectivity index (χ4v) is 1.87. The Morgan fingerprint density at radius 1 is 1.46 bits per heavy atom. The Kier molecular flexibility index (Phi) is 1.77. The van der Waals surface area contributed by atoms with Gasteiger partial charge in [-0.15, -0.1) is 0 Å². The lowest BCUT2D eigenvalue weighted by Gasteiger charge is -1.93. The molecule has 0 aliphatic rings. The first kappa shape index (κ1) is 8.19. The van der Waals surface area contributed by atoms with E-state index in [-0.39, 0.29) is 10.7 Å². The molecule has 0 fully saturated rings. The number of hydrogen-bond donors (Lipinski definition) is 0. The van der Waals surface area contributed by atoms with Crippen molar-refractivity contribution in [2.24, 2.45) is 0 Å². The molecule has 0 bridgehead atoms. The Balaban J connectivity index is 2.90. The van der Waals surface area contributed by atoms with E-state index in [1.165, 1.54) is 6.92 Å². The van der Waals surface area contributed by atoms with Gasteiger partial charge in [-0.1, -0.05) is 17.4 Å². The topological polar surface area (TPSA) is 47.3 Å². The second-order valence-corrected chi connectivity index (χ2v) is 3.62. The highest BCUT2D eigenvalue weighted by Crippen LogP contribution is 2.20. The van der Waals surface area contributed by atoms with Gasteiger partial charge in [0, 0.05) is 0 Å². The van der Waals surface area contributed by atoms with Gasteiger partial charge >= 0.3 is 4.94 Å². The van der Waals surface area contributed by atoms with Crippen LogP contribution in [0.1, 0.15) is 17.3 Å². The number of ketones is 1. The maximum atomic E-state index is 11.1. The quantitative estimate of drug-likeness (QED) is 0.653. The molecule has 0 amide bonds. The van der Waals surface area contributed by atoms with Crippen LogP contribution in [0, 0.1) is 0 Å². The van der Waals surface area contributed by atoms with Gasteiger partial charge in [0.1, 0.15) is 0 Å². The fourth-order valence-electron chi connectivity index (χ4n) is 1.17. The molecule has 0 saturated heterocycles. The van der Waals surface area contributed by atoms with Crippen molar-refractivity contribution in [1.82, 2.24) is 0 Å². The third-order valence-corrected chi connectivity index (χ3v) is 2.53. The maximum Gasteiger partial charge on any atom is 0.396 e. The van der Waals surface area contributed by atoms with Gasteiger partial charge < -0.3 is 4.42 Å². The average molecular weight is 194 g/mol. The molecular weight excluding hydrogens is 188 g/mol. The molecule has 0 aliphatic heterocycles. The molecule has 0 unspecified atom stereocenters. The van der Waals surface area contributed by atoms with E-state index in [2.05, 4.69) is 0 Å². The van der Waals surface area contributed by atoms with Crippen molar-refractivity contribution in [3.05, 3.63) is 33.5 Å². The third kappa shape index (κ3) is 1.29. The van der Waals surface area contributed by atoms with Gasteiger partial charge in [0.15, 0.2) is 11.4 Å². The second kappa shape index (κ2) is 2.81. The number of hydrogen-bond acceptors (Lipinski definition) is 4. The molecule has 1 aromatic carbocycles. The molecule has 0 saturated carbocycles. The summed E-state index contributed by atoms with van der Waals surface area (Å²) in [4.78, 5) is 21.6. The van der Waals surface area contributed by atoms with Gasteiger partial charge in [0.2, 0.25) is 0 Å². The van der Waals surface area contributed by atoms with Crippen LogP contribution in [-0.2, 0) is 0 Å². The predicted molar refractivity (Wildman–Crippen MR) is 50.4 cm³/mol. The number of Topliss-reactive ketones (excluding diaryl/α,β-unsaturated/α-hetero) is 1. The summed E-state index contributed by atoms with van der Waals surface area (Å²) in [6, 6.07) is 5.15. The summed E-state index contributed by atoms with van der Waals surface area (Å²) in [5, 5.41) is 0. The minimum atomic E-state index is -0.372. The Labute approximate surface area is 77.6 Å². The van der Waals surface area contributed by atoms with Gasteiger partial charge in [-0.05, 0) is 19.1 Å². The number of carbonyl (C=O) groups is 1. The van der Waals surface area contributed by atoms with Crippen LogP contribution in [0.15, 0.2) is 27.4 Å². The van der Waals surface area contributed by atoms with Crippen LogP contribution in [-0.4, -0.2) is 5.78 Å². The van der Waals surface area contributed by atoms with E-state index < -0.39 is 0 Å². The molecule has 0 spiro atoms. The number of carbonyl (C=O) groups excluding carboxylic acids is 1. The molecule has 0 radical (unpaired) electrons. The van der Waals surface area contributed by atoms with Crippen LogP contribution in [0.25, 0.3) is 10.3 Å². The van der Waals surface area contributed by atoms with Crippen molar-refractivity contribution in [3.8, 4) is 0 Å². The zero-order chi connectivity index (χ0) is 9.42. The van der Waals surface area contributed by atoms with Crippen molar-refractivity contribution in [2.45, 2.75) is 6.92 Å². The van der Waals surface area contributed by atoms with Crippen molar-refractivity contribution in [2.75, 3.05) is 0 Å². The van der Waals surface area contributed by atoms with Gasteiger partial charge in [-0.3, -0.25) is 4.79 Å². The molecule has 1 heterocycles. The van der Waals surface area contributed by atoms with Crippen LogP contribution >= 0.6 is 11.3 Å². The highest BCUT2D eigenvalue weighted by molar-refractivity contribution is 7.16. The van der Waals surface area contributed by atoms with Gasteiger partial charge in [0.05, 0.1) is 10.3 Å². The molecule has 2 aromatic rings. The largest absolute Gasteiger partial charge is 0.413 e. The van der Waals surface area contributed by atoms with Crippen molar-refractivity contribution in [3.63, 3.8) is 0 Å². The lowest BCUT2D eigenvalue weighted by molar-refractivity contribution is 0.101. The molecule has 0 N–H and O–H groups in total. The lowest BCUT2D eigenvalue weighted by atomic mass is 10.1. The molecule has 0 atom stereocenters. The second-order valence-electron chi connectivity index (χ2n) is 2.64. The summed E-state index contributed by atoms with van der Waals surface area (Å²) in [5.74, 6) is -0.0906. The molecule has 66 valence electrons. The summed E-state index contributed by atoms with van der Waals surface area (Å²) < 4.78 is 5.62. The number of para-hydroxylation sites is 1. The van der Waals surface area contributed by atoms with E-state index in [0.29, 0.717) is 11.1 Å². The SMILES string of the molecule is CC(=O)c1cccc2sc(=O)oc12. The minimum absolute atomic E-state index is 0.0906. The van der Waals surface area contributed by atoms with E-state index in [4.69, 9.17) is 4.42 Å². The monoisotopic (exact) mass is 194 g/mol. The van der Waals surface area contributed by atoms with E-state index in [9.17, 15) is 9.59 Å². The lowest BCUT2D eigenvalue weighted by Crippen LogP contribution is -1.91. The van der Waals surface area contributed by atoms with E-state index >= 15 is 0 Å². The molecule has 3 nitrogen and oxygen atoms in total. The van der Waals surface area contributed by atoms with Gasteiger partial charge in [-0.2, -0.15) is 0 Å². The molecule has 13 heavy (non-hydrogen) atoms. The van der Waals surface area contributed by atoms with Gasteiger partial charge in [0.25, 0.3) is 0 Å². The van der Waals surface area contributed by atoms with E-state index in [0.717, 1.165) is 16.0 Å². The van der Waals surface area contributed by atoms with Gasteiger partial charge in [-0.25, -0.2) is 4.79 Å². The Morgan fingerprint density at radius 3 is 2.92 bits per heavy atom. The fraction of sp³-hybridized carbons (Fsp3) is 0.111. The van der Waals surface area contributed by atoms with Crippen molar-refractivity contribution < 1.29 is 9.21 Å². The smallest absolute Gasteiger partial charge is 0.396 e. The number of rotatable bonds is 1. The first-order valence-electron chi connectivity index (χ1n) is 3.72. The predicted octanol–water partition coefficient (Wildman–Crippen LogP) is 2.06. The van der Waals surface area contributed by atoms with Crippen molar-refractivity contribution >= 4 is 27.4 Å². The Bertz CT molecular complexity index is 521. The molecule has 2 rings (SSSR count). The summed E-state index contributed by atoms with van der Waals surface area (Å²) in [7, 11) is 0. The first-order valence-corrected chi connectivity index (χ1v) is 4.54. The zero-order valence-electron chi connectivity index (χ0n) is 6.87.